The molecule has 0 spiro atoms. The lowest BCUT2D eigenvalue weighted by Crippen LogP contribution is -2.44. The molecule has 9 heteroatoms. The third kappa shape index (κ3) is 2.92. The maximum absolute atomic E-state index is 12.0. The van der Waals surface area contributed by atoms with Crippen molar-refractivity contribution in [3.63, 3.8) is 0 Å². The molecular formula is C16H21ClN4O3S. The first kappa shape index (κ1) is 18.2. The third-order valence-electron chi connectivity index (χ3n) is 4.95. The summed E-state index contributed by atoms with van der Waals surface area (Å²) >= 11 is 0. The SMILES string of the molecule is CC1Cc2cc(-c3nc(C4(N)CCC4)no3)ccc2N1S(C)(=O)=O.Cl. The summed E-state index contributed by atoms with van der Waals surface area (Å²) in [5, 5.41) is 4.03. The molecule has 1 aromatic heterocycles. The molecule has 0 saturated heterocycles. The highest BCUT2D eigenvalue weighted by atomic mass is 35.5. The molecule has 1 aromatic carbocycles. The van der Waals surface area contributed by atoms with Gasteiger partial charge in [0.25, 0.3) is 5.89 Å². The molecule has 4 rings (SSSR count). The third-order valence-corrected chi connectivity index (χ3v) is 6.23. The summed E-state index contributed by atoms with van der Waals surface area (Å²) < 4.78 is 30.8. The zero-order valence-electron chi connectivity index (χ0n) is 14.1. The summed E-state index contributed by atoms with van der Waals surface area (Å²) in [7, 11) is -3.29. The van der Waals surface area contributed by atoms with E-state index >= 15 is 0 Å². The molecular weight excluding hydrogens is 364 g/mol. The molecule has 1 aliphatic carbocycles. The van der Waals surface area contributed by atoms with E-state index in [0.29, 0.717) is 18.1 Å². The zero-order valence-corrected chi connectivity index (χ0v) is 15.7. The molecule has 1 unspecified atom stereocenters. The van der Waals surface area contributed by atoms with Crippen molar-refractivity contribution in [2.24, 2.45) is 5.73 Å². The number of rotatable bonds is 3. The van der Waals surface area contributed by atoms with E-state index in [9.17, 15) is 8.42 Å². The van der Waals surface area contributed by atoms with Crippen LogP contribution in [0.15, 0.2) is 22.7 Å². The summed E-state index contributed by atoms with van der Waals surface area (Å²) in [6.07, 6.45) is 4.72. The fraction of sp³-hybridized carbons (Fsp3) is 0.500. The Morgan fingerprint density at radius 1 is 1.36 bits per heavy atom. The van der Waals surface area contributed by atoms with Gasteiger partial charge < -0.3 is 10.3 Å². The van der Waals surface area contributed by atoms with Gasteiger partial charge in [-0.1, -0.05) is 5.16 Å². The van der Waals surface area contributed by atoms with E-state index < -0.39 is 15.6 Å². The number of hydrogen-bond acceptors (Lipinski definition) is 6. The molecule has 2 N–H and O–H groups in total. The second-order valence-corrected chi connectivity index (χ2v) is 8.75. The Bertz CT molecular complexity index is 908. The van der Waals surface area contributed by atoms with E-state index in [1.165, 1.54) is 10.6 Å². The first-order valence-corrected chi connectivity index (χ1v) is 9.88. The molecule has 1 atom stereocenters. The fourth-order valence-electron chi connectivity index (χ4n) is 3.57. The van der Waals surface area contributed by atoms with E-state index in [1.807, 2.05) is 19.1 Å². The Labute approximate surface area is 153 Å². The van der Waals surface area contributed by atoms with E-state index in [-0.39, 0.29) is 18.4 Å². The van der Waals surface area contributed by atoms with Gasteiger partial charge in [0, 0.05) is 11.6 Å². The minimum Gasteiger partial charge on any atom is -0.334 e. The van der Waals surface area contributed by atoms with Crippen molar-refractivity contribution in [3.8, 4) is 11.5 Å². The van der Waals surface area contributed by atoms with Crippen molar-refractivity contribution in [2.45, 2.75) is 44.2 Å². The van der Waals surface area contributed by atoms with Crippen molar-refractivity contribution >= 4 is 28.1 Å². The van der Waals surface area contributed by atoms with Gasteiger partial charge in [0.15, 0.2) is 5.82 Å². The van der Waals surface area contributed by atoms with Crippen LogP contribution in [0.3, 0.4) is 0 Å². The van der Waals surface area contributed by atoms with Gasteiger partial charge in [-0.25, -0.2) is 8.42 Å². The predicted molar refractivity (Wildman–Crippen MR) is 97.2 cm³/mol. The first-order valence-electron chi connectivity index (χ1n) is 8.04. The topological polar surface area (TPSA) is 102 Å². The van der Waals surface area contributed by atoms with Crippen LogP contribution in [0.4, 0.5) is 5.69 Å². The lowest BCUT2D eigenvalue weighted by molar-refractivity contribution is 0.229. The van der Waals surface area contributed by atoms with Gasteiger partial charge in [0.2, 0.25) is 10.0 Å². The number of anilines is 1. The number of aromatic nitrogens is 2. The molecule has 7 nitrogen and oxygen atoms in total. The first-order chi connectivity index (χ1) is 11.3. The average molecular weight is 385 g/mol. The van der Waals surface area contributed by atoms with Gasteiger partial charge in [0.1, 0.15) is 0 Å². The molecule has 1 fully saturated rings. The molecule has 0 amide bonds. The molecule has 1 saturated carbocycles. The highest BCUT2D eigenvalue weighted by Crippen LogP contribution is 2.39. The van der Waals surface area contributed by atoms with Crippen LogP contribution in [0.1, 0.15) is 37.6 Å². The minimum atomic E-state index is -3.29. The second-order valence-electron chi connectivity index (χ2n) is 6.89. The average Bonchev–Trinajstić information content (AvgIpc) is 3.06. The zero-order chi connectivity index (χ0) is 17.1. The van der Waals surface area contributed by atoms with Crippen LogP contribution in [-0.2, 0) is 22.0 Å². The molecule has 2 heterocycles. The monoisotopic (exact) mass is 384 g/mol. The number of fused-ring (bicyclic) bond motifs is 1. The summed E-state index contributed by atoms with van der Waals surface area (Å²) in [4.78, 5) is 4.45. The smallest absolute Gasteiger partial charge is 0.258 e. The van der Waals surface area contributed by atoms with E-state index in [2.05, 4.69) is 10.1 Å². The maximum Gasteiger partial charge on any atom is 0.258 e. The number of nitrogens with two attached hydrogens (primary N) is 1. The van der Waals surface area contributed by atoms with Crippen molar-refractivity contribution in [1.82, 2.24) is 10.1 Å². The van der Waals surface area contributed by atoms with Crippen LogP contribution < -0.4 is 10.0 Å². The van der Waals surface area contributed by atoms with E-state index in [4.69, 9.17) is 10.3 Å². The fourth-order valence-corrected chi connectivity index (χ4v) is 4.83. The molecule has 0 radical (unpaired) electrons. The van der Waals surface area contributed by atoms with Crippen LogP contribution in [0.2, 0.25) is 0 Å². The largest absolute Gasteiger partial charge is 0.334 e. The summed E-state index contributed by atoms with van der Waals surface area (Å²) in [5.41, 5.74) is 8.26. The van der Waals surface area contributed by atoms with Gasteiger partial charge in [-0.15, -0.1) is 12.4 Å². The number of sulfonamides is 1. The summed E-state index contributed by atoms with van der Waals surface area (Å²) in [6, 6.07) is 5.46. The normalized spacial score (nSPS) is 21.4. The van der Waals surface area contributed by atoms with Crippen molar-refractivity contribution < 1.29 is 12.9 Å². The lowest BCUT2D eigenvalue weighted by atomic mass is 9.77. The van der Waals surface area contributed by atoms with Gasteiger partial charge in [0.05, 0.1) is 17.5 Å². The Morgan fingerprint density at radius 3 is 2.68 bits per heavy atom. The van der Waals surface area contributed by atoms with Crippen molar-refractivity contribution in [3.05, 3.63) is 29.6 Å². The van der Waals surface area contributed by atoms with Crippen LogP contribution in [0.25, 0.3) is 11.5 Å². The molecule has 2 aromatic rings. The van der Waals surface area contributed by atoms with Gasteiger partial charge in [-0.3, -0.25) is 4.31 Å². The second kappa shape index (κ2) is 5.96. The molecule has 136 valence electrons. The molecule has 1 aliphatic heterocycles. The summed E-state index contributed by atoms with van der Waals surface area (Å²) in [6.45, 7) is 1.90. The van der Waals surface area contributed by atoms with Crippen molar-refractivity contribution in [2.75, 3.05) is 10.6 Å². The highest BCUT2D eigenvalue weighted by Gasteiger charge is 2.39. The quantitative estimate of drug-likeness (QED) is 0.870. The van der Waals surface area contributed by atoms with E-state index in [0.717, 1.165) is 36.1 Å². The Morgan fingerprint density at radius 2 is 2.08 bits per heavy atom. The standard InChI is InChI=1S/C16H20N4O3S.ClH/c1-10-8-12-9-11(4-5-13(12)20(10)24(2,21)22)14-18-15(19-23-14)16(17)6-3-7-16;/h4-5,9-10H,3,6-8,17H2,1-2H3;1H. The molecule has 0 bridgehead atoms. The lowest BCUT2D eigenvalue weighted by Gasteiger charge is -2.34. The Balaban J connectivity index is 0.00000182. The Hall–Kier alpha value is -1.64. The summed E-state index contributed by atoms with van der Waals surface area (Å²) in [5.74, 6) is 0.977. The van der Waals surface area contributed by atoms with Gasteiger partial charge in [-0.2, -0.15) is 4.98 Å². The molecule has 25 heavy (non-hydrogen) atoms. The minimum absolute atomic E-state index is 0. The van der Waals surface area contributed by atoms with Crippen LogP contribution in [0.5, 0.6) is 0 Å². The van der Waals surface area contributed by atoms with Gasteiger partial charge >= 0.3 is 0 Å². The number of halogens is 1. The maximum atomic E-state index is 12.0. The van der Waals surface area contributed by atoms with Crippen LogP contribution in [-0.4, -0.2) is 30.9 Å². The number of hydrogen-bond donors (Lipinski definition) is 1. The number of benzene rings is 1. The predicted octanol–water partition coefficient (Wildman–Crippen LogP) is 2.21. The molecule has 2 aliphatic rings. The van der Waals surface area contributed by atoms with Crippen molar-refractivity contribution in [1.29, 1.82) is 0 Å². The van der Waals surface area contributed by atoms with Crippen LogP contribution in [0, 0.1) is 0 Å². The number of nitrogens with zero attached hydrogens (tertiary/aromatic N) is 3. The van der Waals surface area contributed by atoms with Crippen LogP contribution >= 0.6 is 12.4 Å². The highest BCUT2D eigenvalue weighted by molar-refractivity contribution is 7.92. The van der Waals surface area contributed by atoms with Gasteiger partial charge in [-0.05, 0) is 56.4 Å². The Kier molecular flexibility index (Phi) is 4.33. The van der Waals surface area contributed by atoms with E-state index in [1.54, 1.807) is 6.07 Å².